The Hall–Kier alpha value is -2.01. The van der Waals surface area contributed by atoms with Crippen molar-refractivity contribution in [1.82, 2.24) is 4.98 Å². The largest absolute Gasteiger partial charge is 0.505 e. The third-order valence-corrected chi connectivity index (χ3v) is 2.58. The maximum atomic E-state index is 11.7. The molecule has 0 amide bonds. The molecule has 0 fully saturated rings. The van der Waals surface area contributed by atoms with Crippen molar-refractivity contribution >= 4 is 28.3 Å². The van der Waals surface area contributed by atoms with Crippen LogP contribution in [0.5, 0.6) is 5.75 Å². The van der Waals surface area contributed by atoms with Crippen molar-refractivity contribution < 1.29 is 14.6 Å². The zero-order valence-corrected chi connectivity index (χ0v) is 9.54. The Bertz CT molecular complexity index is 662. The predicted octanol–water partition coefficient (Wildman–Crippen LogP) is 1.67. The van der Waals surface area contributed by atoms with Crippen LogP contribution in [-0.4, -0.2) is 23.2 Å². The van der Waals surface area contributed by atoms with Gasteiger partial charge in [-0.3, -0.25) is 4.79 Å². The van der Waals surface area contributed by atoms with Gasteiger partial charge in [0.05, 0.1) is 12.5 Å². The molecule has 2 N–H and O–H groups in total. The van der Waals surface area contributed by atoms with Gasteiger partial charge in [0.2, 0.25) is 0 Å². The lowest BCUT2D eigenvalue weighted by atomic mass is 10.1. The van der Waals surface area contributed by atoms with E-state index >= 15 is 0 Å². The first-order valence-electron chi connectivity index (χ1n) is 4.67. The number of hydrogen-bond acceptors (Lipinski definition) is 4. The Morgan fingerprint density at radius 1 is 1.41 bits per heavy atom. The summed E-state index contributed by atoms with van der Waals surface area (Å²) in [7, 11) is 1.16. The quantitative estimate of drug-likeness (QED) is 0.758. The molecule has 0 saturated carbocycles. The van der Waals surface area contributed by atoms with Crippen molar-refractivity contribution in [3.05, 3.63) is 39.3 Å². The van der Waals surface area contributed by atoms with Gasteiger partial charge in [-0.15, -0.1) is 0 Å². The molecule has 0 unspecified atom stereocenters. The van der Waals surface area contributed by atoms with E-state index in [0.29, 0.717) is 5.02 Å². The van der Waals surface area contributed by atoms with Gasteiger partial charge in [-0.25, -0.2) is 4.79 Å². The Morgan fingerprint density at radius 2 is 2.12 bits per heavy atom. The van der Waals surface area contributed by atoms with Crippen LogP contribution in [0.1, 0.15) is 10.5 Å². The molecule has 0 aliphatic heterocycles. The first-order chi connectivity index (χ1) is 8.04. The lowest BCUT2D eigenvalue weighted by Crippen LogP contribution is -2.14. The van der Waals surface area contributed by atoms with Crippen LogP contribution in [0.4, 0.5) is 0 Å². The molecule has 0 aliphatic carbocycles. The molecule has 0 aliphatic rings. The van der Waals surface area contributed by atoms with Gasteiger partial charge in [0.15, 0.2) is 11.4 Å². The number of halogens is 1. The van der Waals surface area contributed by atoms with Gasteiger partial charge < -0.3 is 14.8 Å². The van der Waals surface area contributed by atoms with Crippen molar-refractivity contribution in [3.8, 4) is 5.75 Å². The third-order valence-electron chi connectivity index (χ3n) is 2.35. The molecule has 17 heavy (non-hydrogen) atoms. The molecule has 0 radical (unpaired) electrons. The van der Waals surface area contributed by atoms with E-state index in [1.165, 1.54) is 18.2 Å². The summed E-state index contributed by atoms with van der Waals surface area (Å²) in [5, 5.41) is 10.7. The minimum Gasteiger partial charge on any atom is -0.505 e. The highest BCUT2D eigenvalue weighted by atomic mass is 35.5. The Morgan fingerprint density at radius 3 is 2.76 bits per heavy atom. The fourth-order valence-corrected chi connectivity index (χ4v) is 1.71. The number of rotatable bonds is 1. The molecule has 2 rings (SSSR count). The zero-order valence-electron chi connectivity index (χ0n) is 8.78. The van der Waals surface area contributed by atoms with Crippen molar-refractivity contribution in [2.24, 2.45) is 0 Å². The second-order valence-corrected chi connectivity index (χ2v) is 3.80. The topological polar surface area (TPSA) is 79.4 Å². The fourth-order valence-electron chi connectivity index (χ4n) is 1.54. The van der Waals surface area contributed by atoms with Gasteiger partial charge in [-0.1, -0.05) is 11.6 Å². The number of aromatic nitrogens is 1. The molecule has 0 spiro atoms. The summed E-state index contributed by atoms with van der Waals surface area (Å²) in [6.07, 6.45) is 0. The highest BCUT2D eigenvalue weighted by Crippen LogP contribution is 2.27. The smallest absolute Gasteiger partial charge is 0.358 e. The number of aromatic amines is 1. The summed E-state index contributed by atoms with van der Waals surface area (Å²) in [5.41, 5.74) is -0.784. The molecule has 1 aromatic heterocycles. The number of ether oxygens (including phenoxy) is 1. The van der Waals surface area contributed by atoms with Crippen LogP contribution < -0.4 is 5.56 Å². The summed E-state index contributed by atoms with van der Waals surface area (Å²) in [4.78, 5) is 25.3. The molecule has 0 bridgehead atoms. The van der Waals surface area contributed by atoms with Gasteiger partial charge in [-0.05, 0) is 18.2 Å². The average Bonchev–Trinajstić information content (AvgIpc) is 2.32. The molecule has 88 valence electrons. The standard InChI is InChI=1S/C11H8ClNO4/c1-17-11(16)8-9(14)6-3-2-5(12)4-7(6)10(15)13-8/h2-4,14H,1H3,(H,13,15). The lowest BCUT2D eigenvalue weighted by molar-refractivity contribution is 0.0590. The van der Waals surface area contributed by atoms with E-state index in [-0.39, 0.29) is 22.2 Å². The van der Waals surface area contributed by atoms with Gasteiger partial charge in [-0.2, -0.15) is 0 Å². The number of hydrogen-bond donors (Lipinski definition) is 2. The molecular weight excluding hydrogens is 246 g/mol. The van der Waals surface area contributed by atoms with E-state index in [1.54, 1.807) is 0 Å². The highest BCUT2D eigenvalue weighted by molar-refractivity contribution is 6.31. The highest BCUT2D eigenvalue weighted by Gasteiger charge is 2.17. The predicted molar refractivity (Wildman–Crippen MR) is 62.6 cm³/mol. The van der Waals surface area contributed by atoms with E-state index in [0.717, 1.165) is 7.11 Å². The molecular formula is C11H8ClNO4. The van der Waals surface area contributed by atoms with Crippen molar-refractivity contribution in [2.45, 2.75) is 0 Å². The van der Waals surface area contributed by atoms with Crippen LogP contribution in [0.15, 0.2) is 23.0 Å². The second-order valence-electron chi connectivity index (χ2n) is 3.36. The minimum atomic E-state index is -0.809. The molecule has 6 heteroatoms. The summed E-state index contributed by atoms with van der Waals surface area (Å²) >= 11 is 5.75. The number of carbonyl (C=O) groups excluding carboxylic acids is 1. The monoisotopic (exact) mass is 253 g/mol. The summed E-state index contributed by atoms with van der Waals surface area (Å²) in [6, 6.07) is 4.40. The van der Waals surface area contributed by atoms with E-state index in [1.807, 2.05) is 0 Å². The molecule has 0 atom stereocenters. The number of benzene rings is 1. The number of H-pyrrole nitrogens is 1. The van der Waals surface area contributed by atoms with Crippen molar-refractivity contribution in [1.29, 1.82) is 0 Å². The number of nitrogens with one attached hydrogen (secondary N) is 1. The van der Waals surface area contributed by atoms with Crippen LogP contribution in [0.25, 0.3) is 10.8 Å². The normalized spacial score (nSPS) is 10.5. The van der Waals surface area contributed by atoms with Gasteiger partial charge in [0.1, 0.15) is 0 Å². The molecule has 5 nitrogen and oxygen atoms in total. The SMILES string of the molecule is COC(=O)c1[nH]c(=O)c2cc(Cl)ccc2c1O. The zero-order chi connectivity index (χ0) is 12.6. The van der Waals surface area contributed by atoms with Crippen LogP contribution in [0, 0.1) is 0 Å². The number of carbonyl (C=O) groups is 1. The summed E-state index contributed by atoms with van der Waals surface area (Å²) < 4.78 is 4.45. The minimum absolute atomic E-state index is 0.211. The summed E-state index contributed by atoms with van der Waals surface area (Å²) in [5.74, 6) is -1.14. The number of pyridine rings is 1. The Kier molecular flexibility index (Phi) is 2.77. The number of esters is 1. The van der Waals surface area contributed by atoms with Gasteiger partial charge >= 0.3 is 5.97 Å². The van der Waals surface area contributed by atoms with E-state index < -0.39 is 11.5 Å². The first kappa shape index (κ1) is 11.5. The van der Waals surface area contributed by atoms with Crippen molar-refractivity contribution in [2.75, 3.05) is 7.11 Å². The van der Waals surface area contributed by atoms with Crippen LogP contribution >= 0.6 is 11.6 Å². The van der Waals surface area contributed by atoms with E-state index in [9.17, 15) is 14.7 Å². The molecule has 2 aromatic rings. The van der Waals surface area contributed by atoms with Gasteiger partial charge in [0, 0.05) is 10.4 Å². The van der Waals surface area contributed by atoms with E-state index in [4.69, 9.17) is 11.6 Å². The average molecular weight is 254 g/mol. The van der Waals surface area contributed by atoms with Crippen LogP contribution in [-0.2, 0) is 4.74 Å². The van der Waals surface area contributed by atoms with Crippen molar-refractivity contribution in [3.63, 3.8) is 0 Å². The Labute approximate surface area is 101 Å². The first-order valence-corrected chi connectivity index (χ1v) is 5.05. The number of fused-ring (bicyclic) bond motifs is 1. The molecule has 0 saturated heterocycles. The molecule has 1 heterocycles. The Balaban J connectivity index is 2.86. The van der Waals surface area contributed by atoms with Crippen LogP contribution in [0.3, 0.4) is 0 Å². The molecule has 1 aromatic carbocycles. The van der Waals surface area contributed by atoms with Gasteiger partial charge in [0.25, 0.3) is 5.56 Å². The second kappa shape index (κ2) is 4.10. The number of methoxy groups -OCH3 is 1. The lowest BCUT2D eigenvalue weighted by Gasteiger charge is -2.06. The van der Waals surface area contributed by atoms with E-state index in [2.05, 4.69) is 9.72 Å². The summed E-state index contributed by atoms with van der Waals surface area (Å²) in [6.45, 7) is 0. The fraction of sp³-hybridized carbons (Fsp3) is 0.0909. The van der Waals surface area contributed by atoms with Crippen LogP contribution in [0.2, 0.25) is 5.02 Å². The number of aromatic hydroxyl groups is 1. The maximum absolute atomic E-state index is 11.7. The third kappa shape index (κ3) is 1.85. The maximum Gasteiger partial charge on any atom is 0.358 e.